The Bertz CT molecular complexity index is 477. The minimum atomic E-state index is -1.42. The van der Waals surface area contributed by atoms with Crippen molar-refractivity contribution in [2.24, 2.45) is 0 Å². The number of nitro groups is 1. The van der Waals surface area contributed by atoms with Crippen molar-refractivity contribution in [1.82, 2.24) is 0 Å². The van der Waals surface area contributed by atoms with Crippen molar-refractivity contribution in [2.75, 3.05) is 0 Å². The third-order valence-corrected chi connectivity index (χ3v) is 3.11. The maximum absolute atomic E-state index is 10.5. The highest BCUT2D eigenvalue weighted by Crippen LogP contribution is 2.25. The molecule has 0 unspecified atom stereocenters. The Kier molecular flexibility index (Phi) is 4.19. The number of non-ortho nitro benzene ring substituents is 1. The lowest BCUT2D eigenvalue weighted by molar-refractivity contribution is -0.384. The van der Waals surface area contributed by atoms with Gasteiger partial charge >= 0.3 is 0 Å². The van der Waals surface area contributed by atoms with E-state index in [4.69, 9.17) is 9.47 Å². The van der Waals surface area contributed by atoms with Gasteiger partial charge in [-0.15, -0.1) is 0 Å². The van der Waals surface area contributed by atoms with Crippen LogP contribution in [0.5, 0.6) is 5.75 Å². The van der Waals surface area contributed by atoms with Gasteiger partial charge in [-0.25, -0.2) is 0 Å². The molecule has 1 heterocycles. The number of nitro benzene ring substituents is 1. The van der Waals surface area contributed by atoms with Crippen molar-refractivity contribution in [1.29, 1.82) is 0 Å². The summed E-state index contributed by atoms with van der Waals surface area (Å²) in [6.07, 6.45) is -5.89. The molecule has 2 rings (SSSR count). The van der Waals surface area contributed by atoms with Crippen molar-refractivity contribution in [2.45, 2.75) is 37.6 Å². The maximum Gasteiger partial charge on any atom is 0.269 e. The lowest BCUT2D eigenvalue weighted by Crippen LogP contribution is -2.58. The second kappa shape index (κ2) is 5.71. The van der Waals surface area contributed by atoms with Gasteiger partial charge in [0, 0.05) is 12.1 Å². The van der Waals surface area contributed by atoms with E-state index in [0.29, 0.717) is 0 Å². The van der Waals surface area contributed by atoms with Crippen molar-refractivity contribution >= 4 is 5.69 Å². The highest BCUT2D eigenvalue weighted by molar-refractivity contribution is 5.36. The van der Waals surface area contributed by atoms with Gasteiger partial charge in [0.2, 0.25) is 6.29 Å². The first-order valence-electron chi connectivity index (χ1n) is 6.01. The number of rotatable bonds is 3. The van der Waals surface area contributed by atoms with E-state index >= 15 is 0 Å². The van der Waals surface area contributed by atoms with E-state index in [2.05, 4.69) is 0 Å². The Morgan fingerprint density at radius 1 is 1.15 bits per heavy atom. The standard InChI is InChI=1S/C12H15NO7/c1-6-9(14)10(15)11(16)12(19-6)20-8-4-2-7(3-5-8)13(17)18/h2-6,9-12,14-16H,1H3/t6-,9+,10+,11+,12+/m1/s1. The quantitative estimate of drug-likeness (QED) is 0.519. The molecule has 0 amide bonds. The molecule has 0 saturated carbocycles. The molecule has 0 spiro atoms. The molecule has 0 aromatic heterocycles. The molecule has 5 atom stereocenters. The second-order valence-electron chi connectivity index (χ2n) is 4.55. The van der Waals surface area contributed by atoms with Gasteiger partial charge in [-0.1, -0.05) is 0 Å². The largest absolute Gasteiger partial charge is 0.462 e. The third-order valence-electron chi connectivity index (χ3n) is 3.11. The van der Waals surface area contributed by atoms with Gasteiger partial charge in [0.1, 0.15) is 24.1 Å². The first-order chi connectivity index (χ1) is 9.40. The topological polar surface area (TPSA) is 122 Å². The van der Waals surface area contributed by atoms with Crippen LogP contribution in [0.1, 0.15) is 6.92 Å². The molecule has 1 saturated heterocycles. The summed E-state index contributed by atoms with van der Waals surface area (Å²) in [5.74, 6) is 0.246. The van der Waals surface area contributed by atoms with E-state index in [0.717, 1.165) is 0 Å². The van der Waals surface area contributed by atoms with E-state index < -0.39 is 35.6 Å². The average molecular weight is 285 g/mol. The molecule has 1 aliphatic heterocycles. The number of nitrogens with zero attached hydrogens (tertiary/aromatic N) is 1. The Morgan fingerprint density at radius 3 is 2.30 bits per heavy atom. The number of benzene rings is 1. The van der Waals surface area contributed by atoms with Gasteiger partial charge in [-0.3, -0.25) is 10.1 Å². The summed E-state index contributed by atoms with van der Waals surface area (Å²) < 4.78 is 10.6. The summed E-state index contributed by atoms with van der Waals surface area (Å²) in [6.45, 7) is 1.53. The van der Waals surface area contributed by atoms with E-state index in [9.17, 15) is 25.4 Å². The summed E-state index contributed by atoms with van der Waals surface area (Å²) >= 11 is 0. The predicted octanol–water partition coefficient (Wildman–Crippen LogP) is -0.199. The molecule has 110 valence electrons. The van der Waals surface area contributed by atoms with Gasteiger partial charge in [-0.05, 0) is 19.1 Å². The fourth-order valence-electron chi connectivity index (χ4n) is 1.89. The van der Waals surface area contributed by atoms with E-state index in [-0.39, 0.29) is 11.4 Å². The van der Waals surface area contributed by atoms with Crippen LogP contribution in [0.25, 0.3) is 0 Å². The van der Waals surface area contributed by atoms with Gasteiger partial charge < -0.3 is 24.8 Å². The number of hydrogen-bond donors (Lipinski definition) is 3. The predicted molar refractivity (Wildman–Crippen MR) is 66.1 cm³/mol. The molecule has 8 heteroatoms. The molecule has 8 nitrogen and oxygen atoms in total. The lowest BCUT2D eigenvalue weighted by atomic mass is 10.00. The van der Waals surface area contributed by atoms with Crippen LogP contribution in [0.15, 0.2) is 24.3 Å². The summed E-state index contributed by atoms with van der Waals surface area (Å²) in [7, 11) is 0. The summed E-state index contributed by atoms with van der Waals surface area (Å²) in [5, 5.41) is 39.4. The molecule has 0 bridgehead atoms. The van der Waals surface area contributed by atoms with Crippen LogP contribution in [0, 0.1) is 10.1 Å². The molecule has 0 aliphatic carbocycles. The van der Waals surface area contributed by atoms with Crippen molar-refractivity contribution in [3.05, 3.63) is 34.4 Å². The highest BCUT2D eigenvalue weighted by Gasteiger charge is 2.43. The van der Waals surface area contributed by atoms with E-state index in [1.165, 1.54) is 31.2 Å². The third kappa shape index (κ3) is 2.88. The zero-order valence-corrected chi connectivity index (χ0v) is 10.6. The molecular formula is C12H15NO7. The fourth-order valence-corrected chi connectivity index (χ4v) is 1.89. The van der Waals surface area contributed by atoms with Crippen LogP contribution in [0.4, 0.5) is 5.69 Å². The van der Waals surface area contributed by atoms with Gasteiger partial charge in [0.25, 0.3) is 5.69 Å². The van der Waals surface area contributed by atoms with Crippen LogP contribution in [-0.4, -0.2) is 50.9 Å². The van der Waals surface area contributed by atoms with Crippen LogP contribution in [0.2, 0.25) is 0 Å². The van der Waals surface area contributed by atoms with E-state index in [1.54, 1.807) is 0 Å². The maximum atomic E-state index is 10.5. The number of ether oxygens (including phenoxy) is 2. The Morgan fingerprint density at radius 2 is 1.75 bits per heavy atom. The minimum Gasteiger partial charge on any atom is -0.462 e. The zero-order chi connectivity index (χ0) is 14.9. The molecule has 1 aliphatic rings. The lowest BCUT2D eigenvalue weighted by Gasteiger charge is -2.38. The molecule has 1 fully saturated rings. The minimum absolute atomic E-state index is 0.0914. The van der Waals surface area contributed by atoms with Gasteiger partial charge in [0.15, 0.2) is 0 Å². The average Bonchev–Trinajstić information content (AvgIpc) is 2.43. The van der Waals surface area contributed by atoms with Crippen LogP contribution in [0.3, 0.4) is 0 Å². The van der Waals surface area contributed by atoms with Crippen LogP contribution in [-0.2, 0) is 4.74 Å². The number of aliphatic hydroxyl groups is 3. The smallest absolute Gasteiger partial charge is 0.269 e. The first kappa shape index (κ1) is 14.7. The summed E-state index contributed by atoms with van der Waals surface area (Å²) in [4.78, 5) is 9.97. The number of hydrogen-bond acceptors (Lipinski definition) is 7. The Hall–Kier alpha value is -1.74. The van der Waals surface area contributed by atoms with Crippen molar-refractivity contribution in [3.63, 3.8) is 0 Å². The van der Waals surface area contributed by atoms with Crippen LogP contribution >= 0.6 is 0 Å². The number of aliphatic hydroxyl groups excluding tert-OH is 3. The molecule has 1 aromatic carbocycles. The molecule has 1 aromatic rings. The monoisotopic (exact) mass is 285 g/mol. The normalized spacial score (nSPS) is 33.7. The molecular weight excluding hydrogens is 270 g/mol. The fraction of sp³-hybridized carbons (Fsp3) is 0.500. The summed E-state index contributed by atoms with van der Waals surface area (Å²) in [5.41, 5.74) is -0.0914. The first-order valence-corrected chi connectivity index (χ1v) is 6.01. The zero-order valence-electron chi connectivity index (χ0n) is 10.6. The highest BCUT2D eigenvalue weighted by atomic mass is 16.7. The SMILES string of the molecule is C[C@H]1O[C@@H](Oc2ccc([N+](=O)[O-])cc2)[C@@H](O)[C@@H](O)[C@H]1O. The second-order valence-corrected chi connectivity index (χ2v) is 4.55. The molecule has 20 heavy (non-hydrogen) atoms. The molecule has 3 N–H and O–H groups in total. The van der Waals surface area contributed by atoms with Gasteiger partial charge in [0.05, 0.1) is 11.0 Å². The summed E-state index contributed by atoms with van der Waals surface area (Å²) in [6, 6.07) is 5.21. The Labute approximate surface area is 114 Å². The Balaban J connectivity index is 2.07. The van der Waals surface area contributed by atoms with Crippen molar-refractivity contribution < 1.29 is 29.7 Å². The van der Waals surface area contributed by atoms with Crippen LogP contribution < -0.4 is 4.74 Å². The van der Waals surface area contributed by atoms with Gasteiger partial charge in [-0.2, -0.15) is 0 Å². The molecule has 0 radical (unpaired) electrons. The van der Waals surface area contributed by atoms with E-state index in [1.807, 2.05) is 0 Å². The van der Waals surface area contributed by atoms with Crippen molar-refractivity contribution in [3.8, 4) is 5.75 Å².